The molecular formula is C19H19ClO5. The van der Waals surface area contributed by atoms with Gasteiger partial charge < -0.3 is 18.9 Å². The Bertz CT molecular complexity index is 732. The topological polar surface area (TPSA) is 54.0 Å². The van der Waals surface area contributed by atoms with Gasteiger partial charge in [0.05, 0.1) is 18.2 Å². The lowest BCUT2D eigenvalue weighted by Crippen LogP contribution is -2.17. The third-order valence-corrected chi connectivity index (χ3v) is 4.08. The fourth-order valence-corrected chi connectivity index (χ4v) is 2.88. The van der Waals surface area contributed by atoms with Crippen LogP contribution >= 0.6 is 11.6 Å². The average Bonchev–Trinajstić information content (AvgIpc) is 2.87. The minimum Gasteiger partial charge on any atom is -0.489 e. The third-order valence-electron chi connectivity index (χ3n) is 3.80. The van der Waals surface area contributed by atoms with Gasteiger partial charge in [0.1, 0.15) is 6.61 Å². The average molecular weight is 363 g/mol. The van der Waals surface area contributed by atoms with Gasteiger partial charge in [-0.1, -0.05) is 41.9 Å². The Morgan fingerprint density at radius 2 is 1.96 bits per heavy atom. The molecule has 5 nitrogen and oxygen atoms in total. The largest absolute Gasteiger partial charge is 0.489 e. The van der Waals surface area contributed by atoms with Gasteiger partial charge in [-0.25, -0.2) is 4.79 Å². The number of benzene rings is 2. The summed E-state index contributed by atoms with van der Waals surface area (Å²) in [5.41, 5.74) is 1.47. The molecule has 3 rings (SSSR count). The molecule has 0 saturated carbocycles. The zero-order chi connectivity index (χ0) is 17.6. The Hall–Kier alpha value is -2.24. The normalized spacial score (nSPS) is 14.5. The van der Waals surface area contributed by atoms with Crippen LogP contribution in [0.1, 0.15) is 23.7 Å². The van der Waals surface area contributed by atoms with Gasteiger partial charge in [-0.15, -0.1) is 0 Å². The lowest BCUT2D eigenvalue weighted by Gasteiger charge is -2.16. The Morgan fingerprint density at radius 3 is 2.72 bits per heavy atom. The summed E-state index contributed by atoms with van der Waals surface area (Å²) in [6.07, 6.45) is 0.0270. The number of ether oxygens (including phenoxy) is 4. The molecule has 132 valence electrons. The van der Waals surface area contributed by atoms with E-state index in [9.17, 15) is 4.79 Å². The number of hydrogen-bond donors (Lipinski definition) is 0. The number of esters is 1. The number of rotatable bonds is 5. The van der Waals surface area contributed by atoms with Crippen LogP contribution in [0.4, 0.5) is 0 Å². The van der Waals surface area contributed by atoms with Crippen LogP contribution in [-0.4, -0.2) is 26.3 Å². The number of halogens is 1. The minimum absolute atomic E-state index is 0.0713. The number of carbonyl (C=O) groups is 1. The standard InChI is InChI=1S/C19H19ClO5/c1-22-17(14-6-3-2-4-7-14)19(21)25-12-13-10-15(20)18-16(11-13)23-8-5-9-24-18/h2-4,6-7,10-11,17H,5,8-9,12H2,1H3/t17-/m1/s1. The number of hydrogen-bond acceptors (Lipinski definition) is 5. The molecule has 0 saturated heterocycles. The second-order valence-corrected chi connectivity index (χ2v) is 6.00. The monoisotopic (exact) mass is 362 g/mol. The summed E-state index contributed by atoms with van der Waals surface area (Å²) >= 11 is 6.25. The molecule has 1 aliphatic heterocycles. The highest BCUT2D eigenvalue weighted by molar-refractivity contribution is 6.32. The fraction of sp³-hybridized carbons (Fsp3) is 0.316. The molecule has 2 aromatic carbocycles. The van der Waals surface area contributed by atoms with E-state index in [0.29, 0.717) is 29.7 Å². The first-order valence-electron chi connectivity index (χ1n) is 8.01. The van der Waals surface area contributed by atoms with E-state index in [1.54, 1.807) is 12.1 Å². The molecule has 0 unspecified atom stereocenters. The second kappa shape index (κ2) is 8.23. The van der Waals surface area contributed by atoms with Crippen molar-refractivity contribution in [3.8, 4) is 11.5 Å². The SMILES string of the molecule is CO[C@@H](C(=O)OCc1cc(Cl)c2c(c1)OCCCO2)c1ccccc1. The zero-order valence-electron chi connectivity index (χ0n) is 13.9. The maximum Gasteiger partial charge on any atom is 0.340 e. The molecule has 25 heavy (non-hydrogen) atoms. The van der Waals surface area contributed by atoms with E-state index in [2.05, 4.69) is 0 Å². The van der Waals surface area contributed by atoms with Crippen molar-refractivity contribution in [2.24, 2.45) is 0 Å². The molecule has 0 aliphatic carbocycles. The minimum atomic E-state index is -0.767. The summed E-state index contributed by atoms with van der Waals surface area (Å²) < 4.78 is 21.9. The van der Waals surface area contributed by atoms with E-state index < -0.39 is 12.1 Å². The lowest BCUT2D eigenvalue weighted by atomic mass is 10.1. The molecule has 0 fully saturated rings. The Kier molecular flexibility index (Phi) is 5.79. The number of carbonyl (C=O) groups excluding carboxylic acids is 1. The lowest BCUT2D eigenvalue weighted by molar-refractivity contribution is -0.157. The molecule has 1 aliphatic rings. The summed E-state index contributed by atoms with van der Waals surface area (Å²) in [5.74, 6) is 0.646. The van der Waals surface area contributed by atoms with Crippen LogP contribution in [-0.2, 0) is 20.9 Å². The van der Waals surface area contributed by atoms with Crippen LogP contribution in [0, 0.1) is 0 Å². The maximum atomic E-state index is 12.3. The number of fused-ring (bicyclic) bond motifs is 1. The van der Waals surface area contributed by atoms with Crippen LogP contribution in [0.5, 0.6) is 11.5 Å². The summed E-state index contributed by atoms with van der Waals surface area (Å²) in [5, 5.41) is 0.441. The van der Waals surface area contributed by atoms with Crippen molar-refractivity contribution >= 4 is 17.6 Å². The van der Waals surface area contributed by atoms with Gasteiger partial charge in [-0.3, -0.25) is 0 Å². The van der Waals surface area contributed by atoms with E-state index in [1.807, 2.05) is 30.3 Å². The predicted molar refractivity (Wildman–Crippen MR) is 93.0 cm³/mol. The first-order chi connectivity index (χ1) is 12.2. The fourth-order valence-electron chi connectivity index (χ4n) is 2.59. The Balaban J connectivity index is 1.69. The van der Waals surface area contributed by atoms with E-state index in [-0.39, 0.29) is 6.61 Å². The Morgan fingerprint density at radius 1 is 1.20 bits per heavy atom. The molecule has 2 aromatic rings. The van der Waals surface area contributed by atoms with Crippen LogP contribution in [0.3, 0.4) is 0 Å². The molecule has 0 bridgehead atoms. The smallest absolute Gasteiger partial charge is 0.340 e. The van der Waals surface area contributed by atoms with Crippen molar-refractivity contribution in [3.63, 3.8) is 0 Å². The van der Waals surface area contributed by atoms with E-state index in [1.165, 1.54) is 7.11 Å². The summed E-state index contributed by atoms with van der Waals surface area (Å²) in [7, 11) is 1.48. The summed E-state index contributed by atoms with van der Waals surface area (Å²) in [4.78, 5) is 12.3. The van der Waals surface area contributed by atoms with E-state index >= 15 is 0 Å². The van der Waals surface area contributed by atoms with Crippen molar-refractivity contribution < 1.29 is 23.7 Å². The quantitative estimate of drug-likeness (QED) is 0.754. The van der Waals surface area contributed by atoms with Gasteiger partial charge in [-0.05, 0) is 23.3 Å². The highest BCUT2D eigenvalue weighted by Gasteiger charge is 2.22. The molecule has 0 spiro atoms. The van der Waals surface area contributed by atoms with Crippen molar-refractivity contribution in [1.82, 2.24) is 0 Å². The van der Waals surface area contributed by atoms with Crippen molar-refractivity contribution in [2.75, 3.05) is 20.3 Å². The molecular weight excluding hydrogens is 344 g/mol. The van der Waals surface area contributed by atoms with Crippen molar-refractivity contribution in [1.29, 1.82) is 0 Å². The van der Waals surface area contributed by atoms with Gasteiger partial charge in [0.15, 0.2) is 17.6 Å². The maximum absolute atomic E-state index is 12.3. The number of methoxy groups -OCH3 is 1. The highest BCUT2D eigenvalue weighted by Crippen LogP contribution is 2.38. The van der Waals surface area contributed by atoms with Crippen molar-refractivity contribution in [2.45, 2.75) is 19.1 Å². The van der Waals surface area contributed by atoms with Gasteiger partial charge in [-0.2, -0.15) is 0 Å². The van der Waals surface area contributed by atoms with Crippen LogP contribution < -0.4 is 9.47 Å². The predicted octanol–water partition coefficient (Wildman–Crippen LogP) is 3.93. The van der Waals surface area contributed by atoms with Gasteiger partial charge in [0.25, 0.3) is 0 Å². The molecule has 0 N–H and O–H groups in total. The first kappa shape index (κ1) is 17.6. The molecule has 0 aromatic heterocycles. The first-order valence-corrected chi connectivity index (χ1v) is 8.39. The van der Waals surface area contributed by atoms with E-state index in [0.717, 1.165) is 17.5 Å². The Labute approximate surface area is 151 Å². The van der Waals surface area contributed by atoms with Crippen LogP contribution in [0.25, 0.3) is 0 Å². The van der Waals surface area contributed by atoms with Crippen molar-refractivity contribution in [3.05, 3.63) is 58.6 Å². The van der Waals surface area contributed by atoms with E-state index in [4.69, 9.17) is 30.5 Å². The third kappa shape index (κ3) is 4.24. The van der Waals surface area contributed by atoms with Gasteiger partial charge in [0, 0.05) is 13.5 Å². The molecule has 6 heteroatoms. The molecule has 0 radical (unpaired) electrons. The van der Waals surface area contributed by atoms with Crippen LogP contribution in [0.2, 0.25) is 5.02 Å². The highest BCUT2D eigenvalue weighted by atomic mass is 35.5. The summed E-state index contributed by atoms with van der Waals surface area (Å²) in [6, 6.07) is 12.7. The molecule has 1 heterocycles. The summed E-state index contributed by atoms with van der Waals surface area (Å²) in [6.45, 7) is 1.20. The van der Waals surface area contributed by atoms with Gasteiger partial charge in [0.2, 0.25) is 0 Å². The molecule has 1 atom stereocenters. The zero-order valence-corrected chi connectivity index (χ0v) is 14.6. The second-order valence-electron chi connectivity index (χ2n) is 5.59. The van der Waals surface area contributed by atoms with Crippen LogP contribution in [0.15, 0.2) is 42.5 Å². The van der Waals surface area contributed by atoms with Gasteiger partial charge >= 0.3 is 5.97 Å². The molecule has 0 amide bonds.